The van der Waals surface area contributed by atoms with Crippen molar-refractivity contribution in [3.05, 3.63) is 71.8 Å². The van der Waals surface area contributed by atoms with E-state index < -0.39 is 0 Å². The van der Waals surface area contributed by atoms with Crippen LogP contribution in [0.4, 0.5) is 0 Å². The van der Waals surface area contributed by atoms with Crippen LogP contribution in [0.25, 0.3) is 10.8 Å². The average molecular weight is 461 g/mol. The van der Waals surface area contributed by atoms with E-state index in [-0.39, 0.29) is 23.8 Å². The summed E-state index contributed by atoms with van der Waals surface area (Å²) in [6.45, 7) is 5.60. The molecule has 1 atom stereocenters. The zero-order chi connectivity index (χ0) is 24.1. The Morgan fingerprint density at radius 2 is 1.76 bits per heavy atom. The number of carbonyl (C=O) groups excluding carboxylic acids is 2. The normalized spacial score (nSPS) is 15.1. The molecule has 3 aromatic carbocycles. The van der Waals surface area contributed by atoms with Crippen LogP contribution in [0.1, 0.15) is 48.7 Å². The van der Waals surface area contributed by atoms with Crippen molar-refractivity contribution in [2.45, 2.75) is 32.7 Å². The minimum Gasteiger partial charge on any atom is -0.493 e. The van der Waals surface area contributed by atoms with Crippen molar-refractivity contribution in [3.8, 4) is 11.5 Å². The van der Waals surface area contributed by atoms with Crippen LogP contribution >= 0.6 is 0 Å². The van der Waals surface area contributed by atoms with Crippen molar-refractivity contribution in [1.82, 2.24) is 10.2 Å². The fourth-order valence-electron chi connectivity index (χ4n) is 4.57. The molecule has 0 radical (unpaired) electrons. The topological polar surface area (TPSA) is 67.9 Å². The van der Waals surface area contributed by atoms with E-state index in [1.165, 1.54) is 0 Å². The van der Waals surface area contributed by atoms with Gasteiger partial charge in [-0.3, -0.25) is 9.59 Å². The summed E-state index contributed by atoms with van der Waals surface area (Å²) in [5, 5.41) is 5.15. The molecule has 0 aliphatic carbocycles. The molecule has 1 fully saturated rings. The van der Waals surface area contributed by atoms with Gasteiger partial charge in [0, 0.05) is 24.6 Å². The lowest BCUT2D eigenvalue weighted by atomic mass is 9.94. The summed E-state index contributed by atoms with van der Waals surface area (Å²) < 4.78 is 11.0. The van der Waals surface area contributed by atoms with E-state index in [1.807, 2.05) is 79.4 Å². The monoisotopic (exact) mass is 460 g/mol. The second-order valence-corrected chi connectivity index (χ2v) is 8.67. The second-order valence-electron chi connectivity index (χ2n) is 8.67. The molecule has 3 aromatic rings. The van der Waals surface area contributed by atoms with Gasteiger partial charge >= 0.3 is 0 Å². The molecule has 1 aliphatic rings. The Morgan fingerprint density at radius 3 is 2.50 bits per heavy atom. The SMILES string of the molecule is CCOc1ccc(C(C)NC(=O)C2CCN(C(=O)c3cccc4ccccc34)CC2)cc1OC. The fourth-order valence-corrected chi connectivity index (χ4v) is 4.57. The highest BCUT2D eigenvalue weighted by molar-refractivity contribution is 6.07. The first-order valence-corrected chi connectivity index (χ1v) is 11.9. The lowest BCUT2D eigenvalue weighted by Gasteiger charge is -2.32. The number of carbonyl (C=O) groups is 2. The van der Waals surface area contributed by atoms with Crippen LogP contribution in [0.3, 0.4) is 0 Å². The molecule has 0 saturated carbocycles. The van der Waals surface area contributed by atoms with Gasteiger partial charge in [0.2, 0.25) is 5.91 Å². The summed E-state index contributed by atoms with van der Waals surface area (Å²) >= 11 is 0. The Balaban J connectivity index is 1.36. The van der Waals surface area contributed by atoms with Crippen molar-refractivity contribution in [2.24, 2.45) is 5.92 Å². The Morgan fingerprint density at radius 1 is 1.03 bits per heavy atom. The molecule has 0 bridgehead atoms. The maximum Gasteiger partial charge on any atom is 0.254 e. The number of benzene rings is 3. The third-order valence-corrected chi connectivity index (χ3v) is 6.52. The van der Waals surface area contributed by atoms with Crippen LogP contribution in [0.15, 0.2) is 60.7 Å². The number of nitrogens with zero attached hydrogens (tertiary/aromatic N) is 1. The number of nitrogens with one attached hydrogen (secondary N) is 1. The second kappa shape index (κ2) is 10.6. The molecule has 1 saturated heterocycles. The third-order valence-electron chi connectivity index (χ3n) is 6.52. The summed E-state index contributed by atoms with van der Waals surface area (Å²) in [5.41, 5.74) is 1.68. The number of methoxy groups -OCH3 is 1. The standard InChI is InChI=1S/C28H32N2O4/c1-4-34-25-13-12-22(18-26(25)33-3)19(2)29-27(31)21-14-16-30(17-15-21)28(32)24-11-7-9-20-8-5-6-10-23(20)24/h5-13,18-19,21H,4,14-17H2,1-3H3,(H,29,31). The van der Waals surface area contributed by atoms with E-state index in [4.69, 9.17) is 9.47 Å². The summed E-state index contributed by atoms with van der Waals surface area (Å²) in [5.74, 6) is 1.29. The first kappa shape index (κ1) is 23.6. The van der Waals surface area contributed by atoms with Gasteiger partial charge in [0.05, 0.1) is 19.8 Å². The van der Waals surface area contributed by atoms with E-state index in [2.05, 4.69) is 5.32 Å². The van der Waals surface area contributed by atoms with Gasteiger partial charge < -0.3 is 19.7 Å². The van der Waals surface area contributed by atoms with E-state index in [1.54, 1.807) is 7.11 Å². The van der Waals surface area contributed by atoms with E-state index >= 15 is 0 Å². The average Bonchev–Trinajstić information content (AvgIpc) is 2.88. The number of hydrogen-bond acceptors (Lipinski definition) is 4. The van der Waals surface area contributed by atoms with Crippen molar-refractivity contribution in [1.29, 1.82) is 0 Å². The molecule has 1 heterocycles. The van der Waals surface area contributed by atoms with Gasteiger partial charge in [-0.25, -0.2) is 0 Å². The third kappa shape index (κ3) is 5.01. The van der Waals surface area contributed by atoms with Gasteiger partial charge in [-0.2, -0.15) is 0 Å². The van der Waals surface area contributed by atoms with Crippen LogP contribution in [-0.2, 0) is 4.79 Å². The first-order chi connectivity index (χ1) is 16.5. The molecule has 6 nitrogen and oxygen atoms in total. The van der Waals surface area contributed by atoms with Crippen molar-refractivity contribution >= 4 is 22.6 Å². The predicted octanol–water partition coefficient (Wildman–Crippen LogP) is 4.98. The number of piperidine rings is 1. The van der Waals surface area contributed by atoms with Crippen LogP contribution in [0.5, 0.6) is 11.5 Å². The molecule has 1 aliphatic heterocycles. The Bertz CT molecular complexity index is 1160. The maximum absolute atomic E-state index is 13.2. The van der Waals surface area contributed by atoms with Crippen molar-refractivity contribution in [3.63, 3.8) is 0 Å². The van der Waals surface area contributed by atoms with Crippen LogP contribution in [-0.4, -0.2) is 43.5 Å². The fraction of sp³-hybridized carbons (Fsp3) is 0.357. The van der Waals surface area contributed by atoms with Gasteiger partial charge in [-0.05, 0) is 61.2 Å². The molecule has 34 heavy (non-hydrogen) atoms. The number of ether oxygens (including phenoxy) is 2. The van der Waals surface area contributed by atoms with Crippen LogP contribution in [0.2, 0.25) is 0 Å². The molecule has 1 N–H and O–H groups in total. The van der Waals surface area contributed by atoms with Gasteiger partial charge in [-0.15, -0.1) is 0 Å². The molecular weight excluding hydrogens is 428 g/mol. The Kier molecular flexibility index (Phi) is 7.36. The van der Waals surface area contributed by atoms with Crippen molar-refractivity contribution in [2.75, 3.05) is 26.8 Å². The maximum atomic E-state index is 13.2. The minimum atomic E-state index is -0.160. The number of amides is 2. The zero-order valence-corrected chi connectivity index (χ0v) is 20.0. The molecule has 0 spiro atoms. The number of rotatable bonds is 7. The number of likely N-dealkylation sites (tertiary alicyclic amines) is 1. The molecule has 178 valence electrons. The van der Waals surface area contributed by atoms with Crippen molar-refractivity contribution < 1.29 is 19.1 Å². The number of hydrogen-bond donors (Lipinski definition) is 1. The molecule has 1 unspecified atom stereocenters. The predicted molar refractivity (Wildman–Crippen MR) is 133 cm³/mol. The van der Waals surface area contributed by atoms with Crippen LogP contribution in [0, 0.1) is 5.92 Å². The van der Waals surface area contributed by atoms with E-state index in [9.17, 15) is 9.59 Å². The highest BCUT2D eigenvalue weighted by Crippen LogP contribution is 2.31. The molecular formula is C28H32N2O4. The lowest BCUT2D eigenvalue weighted by molar-refractivity contribution is -0.127. The Labute approximate surface area is 200 Å². The van der Waals surface area contributed by atoms with Gasteiger partial charge in [0.15, 0.2) is 11.5 Å². The highest BCUT2D eigenvalue weighted by Gasteiger charge is 2.29. The smallest absolute Gasteiger partial charge is 0.254 e. The first-order valence-electron chi connectivity index (χ1n) is 11.9. The van der Waals surface area contributed by atoms with Gasteiger partial charge in [0.25, 0.3) is 5.91 Å². The minimum absolute atomic E-state index is 0.0256. The van der Waals surface area contributed by atoms with Crippen LogP contribution < -0.4 is 14.8 Å². The van der Waals surface area contributed by atoms with E-state index in [0.717, 1.165) is 21.9 Å². The number of fused-ring (bicyclic) bond motifs is 1. The molecule has 2 amide bonds. The quantitative estimate of drug-likeness (QED) is 0.540. The van der Waals surface area contributed by atoms with Gasteiger partial charge in [0.1, 0.15) is 0 Å². The molecule has 4 rings (SSSR count). The summed E-state index contributed by atoms with van der Waals surface area (Å²) in [6.07, 6.45) is 1.31. The summed E-state index contributed by atoms with van der Waals surface area (Å²) in [4.78, 5) is 28.0. The Hall–Kier alpha value is -3.54. The molecule has 0 aromatic heterocycles. The largest absolute Gasteiger partial charge is 0.493 e. The lowest BCUT2D eigenvalue weighted by Crippen LogP contribution is -2.43. The van der Waals surface area contributed by atoms with E-state index in [0.29, 0.717) is 44.0 Å². The van der Waals surface area contributed by atoms with Gasteiger partial charge in [-0.1, -0.05) is 42.5 Å². The summed E-state index contributed by atoms with van der Waals surface area (Å²) in [7, 11) is 1.61. The zero-order valence-electron chi connectivity index (χ0n) is 20.0. The summed E-state index contributed by atoms with van der Waals surface area (Å²) in [6, 6.07) is 19.3. The highest BCUT2D eigenvalue weighted by atomic mass is 16.5. The molecule has 6 heteroatoms.